The van der Waals surface area contributed by atoms with E-state index in [1.54, 1.807) is 5.38 Å². The lowest BCUT2D eigenvalue weighted by atomic mass is 9.83. The number of thiophene rings is 1. The third-order valence-corrected chi connectivity index (χ3v) is 6.38. The highest BCUT2D eigenvalue weighted by Gasteiger charge is 2.37. The van der Waals surface area contributed by atoms with E-state index in [1.807, 2.05) is 0 Å². The van der Waals surface area contributed by atoms with Crippen molar-refractivity contribution in [1.29, 1.82) is 0 Å². The number of benzene rings is 2. The summed E-state index contributed by atoms with van der Waals surface area (Å²) in [5, 5.41) is 3.58. The lowest BCUT2D eigenvalue weighted by Gasteiger charge is -2.28. The molecule has 0 radical (unpaired) electrons. The van der Waals surface area contributed by atoms with Crippen molar-refractivity contribution >= 4 is 39.8 Å². The molecule has 1 aromatic heterocycles. The molecule has 1 unspecified atom stereocenters. The first-order valence-electron chi connectivity index (χ1n) is 9.57. The topological polar surface area (TPSA) is 81.4 Å². The summed E-state index contributed by atoms with van der Waals surface area (Å²) in [5.41, 5.74) is 4.66. The van der Waals surface area contributed by atoms with E-state index in [2.05, 4.69) is 5.32 Å². The van der Waals surface area contributed by atoms with Gasteiger partial charge in [0.25, 0.3) is 11.8 Å². The Balaban J connectivity index is 1.85. The van der Waals surface area contributed by atoms with Gasteiger partial charge in [0.15, 0.2) is 0 Å². The standard InChI is InChI=1S/C22H15ClF4N2O3S/c23-17-9-15(20(31)29-21-13(19(28)30)4-6-33-21)14(8-16(17)22(25,26)27)11-3-5-32-18-7-10(24)1-2-12(11)18/h1-2,4,6-9,11H,3,5H2,(H2,28,30)(H,29,31). The lowest BCUT2D eigenvalue weighted by molar-refractivity contribution is -0.137. The lowest BCUT2D eigenvalue weighted by Crippen LogP contribution is -2.22. The summed E-state index contributed by atoms with van der Waals surface area (Å²) in [6.07, 6.45) is -4.51. The summed E-state index contributed by atoms with van der Waals surface area (Å²) in [7, 11) is 0. The summed E-state index contributed by atoms with van der Waals surface area (Å²) in [6.45, 7) is 0.114. The molecule has 5 nitrogen and oxygen atoms in total. The van der Waals surface area contributed by atoms with Crippen LogP contribution in [-0.4, -0.2) is 18.4 Å². The Hall–Kier alpha value is -3.11. The number of amides is 2. The summed E-state index contributed by atoms with van der Waals surface area (Å²) in [4.78, 5) is 24.7. The third kappa shape index (κ3) is 4.53. The average Bonchev–Trinajstić information content (AvgIpc) is 3.20. The van der Waals surface area contributed by atoms with E-state index in [0.717, 1.165) is 29.5 Å². The number of hydrogen-bond acceptors (Lipinski definition) is 4. The number of nitrogens with two attached hydrogens (primary N) is 1. The molecule has 0 spiro atoms. The summed E-state index contributed by atoms with van der Waals surface area (Å²) >= 11 is 6.94. The summed E-state index contributed by atoms with van der Waals surface area (Å²) in [5.74, 6) is -2.59. The second-order valence-corrected chi connectivity index (χ2v) is 8.59. The van der Waals surface area contributed by atoms with Gasteiger partial charge in [-0.2, -0.15) is 13.2 Å². The van der Waals surface area contributed by atoms with Crippen LogP contribution in [0.25, 0.3) is 0 Å². The molecule has 3 aromatic rings. The van der Waals surface area contributed by atoms with Crippen LogP contribution >= 0.6 is 22.9 Å². The zero-order valence-electron chi connectivity index (χ0n) is 16.6. The van der Waals surface area contributed by atoms with Crippen LogP contribution < -0.4 is 15.8 Å². The minimum absolute atomic E-state index is 0.0533. The Morgan fingerprint density at radius 1 is 1.12 bits per heavy atom. The number of fused-ring (bicyclic) bond motifs is 1. The van der Waals surface area contributed by atoms with Gasteiger partial charge in [-0.25, -0.2) is 4.39 Å². The maximum Gasteiger partial charge on any atom is 0.417 e. The normalized spacial score (nSPS) is 15.5. The second kappa shape index (κ2) is 8.68. The minimum atomic E-state index is -4.76. The number of carbonyl (C=O) groups is 2. The first-order chi connectivity index (χ1) is 15.6. The molecule has 2 amide bonds. The van der Waals surface area contributed by atoms with Gasteiger partial charge >= 0.3 is 6.18 Å². The molecule has 0 aliphatic carbocycles. The number of halogens is 5. The van der Waals surface area contributed by atoms with Gasteiger partial charge in [0.05, 0.1) is 22.8 Å². The molecule has 0 saturated heterocycles. The van der Waals surface area contributed by atoms with E-state index in [1.165, 1.54) is 18.2 Å². The van der Waals surface area contributed by atoms with Gasteiger partial charge in [-0.05, 0) is 41.6 Å². The molecule has 1 aliphatic rings. The largest absolute Gasteiger partial charge is 0.493 e. The molecule has 2 heterocycles. The van der Waals surface area contributed by atoms with Gasteiger partial charge in [-0.1, -0.05) is 17.7 Å². The molecule has 1 atom stereocenters. The Morgan fingerprint density at radius 3 is 2.58 bits per heavy atom. The molecular weight excluding hydrogens is 484 g/mol. The van der Waals surface area contributed by atoms with Gasteiger partial charge in [-0.15, -0.1) is 11.3 Å². The van der Waals surface area contributed by atoms with E-state index >= 15 is 0 Å². The Labute approximate surface area is 194 Å². The zero-order chi connectivity index (χ0) is 23.9. The van der Waals surface area contributed by atoms with E-state index in [9.17, 15) is 27.2 Å². The van der Waals surface area contributed by atoms with Crippen LogP contribution in [0.4, 0.5) is 22.6 Å². The van der Waals surface area contributed by atoms with Crippen LogP contribution in [0.3, 0.4) is 0 Å². The van der Waals surface area contributed by atoms with Crippen molar-refractivity contribution in [2.75, 3.05) is 11.9 Å². The molecule has 4 rings (SSSR count). The fourth-order valence-electron chi connectivity index (χ4n) is 3.75. The molecule has 1 aliphatic heterocycles. The van der Waals surface area contributed by atoms with Crippen molar-refractivity contribution in [2.24, 2.45) is 5.73 Å². The van der Waals surface area contributed by atoms with Crippen LogP contribution in [0.2, 0.25) is 5.02 Å². The van der Waals surface area contributed by atoms with Crippen molar-refractivity contribution in [3.63, 3.8) is 0 Å². The maximum atomic E-state index is 13.7. The molecule has 33 heavy (non-hydrogen) atoms. The molecule has 172 valence electrons. The molecular formula is C22H15ClF4N2O3S. The SMILES string of the molecule is NC(=O)c1ccsc1NC(=O)c1cc(Cl)c(C(F)(F)F)cc1C1CCOc2cc(F)ccc21. The number of nitrogens with one attached hydrogen (secondary N) is 1. The highest BCUT2D eigenvalue weighted by molar-refractivity contribution is 7.14. The van der Waals surface area contributed by atoms with Gasteiger partial charge < -0.3 is 15.8 Å². The average molecular weight is 499 g/mol. The number of hydrogen-bond donors (Lipinski definition) is 2. The van der Waals surface area contributed by atoms with Crippen LogP contribution in [0.1, 0.15) is 49.7 Å². The van der Waals surface area contributed by atoms with E-state index in [4.69, 9.17) is 22.1 Å². The number of ether oxygens (including phenoxy) is 1. The van der Waals surface area contributed by atoms with Crippen LogP contribution in [0, 0.1) is 5.82 Å². The first kappa shape index (κ1) is 23.1. The smallest absolute Gasteiger partial charge is 0.417 e. The molecule has 0 saturated carbocycles. The number of carbonyl (C=O) groups excluding carboxylic acids is 2. The predicted octanol–water partition coefficient (Wildman–Crippen LogP) is 5.83. The Morgan fingerprint density at radius 2 is 1.88 bits per heavy atom. The first-order valence-corrected chi connectivity index (χ1v) is 10.8. The monoisotopic (exact) mass is 498 g/mol. The van der Waals surface area contributed by atoms with Crippen molar-refractivity contribution in [3.05, 3.63) is 80.4 Å². The van der Waals surface area contributed by atoms with Crippen LogP contribution in [0.15, 0.2) is 41.8 Å². The molecule has 3 N–H and O–H groups in total. The Kier molecular flexibility index (Phi) is 6.06. The summed E-state index contributed by atoms with van der Waals surface area (Å²) in [6, 6.07) is 6.95. The van der Waals surface area contributed by atoms with Gasteiger partial charge in [0.2, 0.25) is 0 Å². The van der Waals surface area contributed by atoms with Gasteiger partial charge in [0.1, 0.15) is 16.6 Å². The fraction of sp³-hybridized carbons (Fsp3) is 0.182. The highest BCUT2D eigenvalue weighted by atomic mass is 35.5. The third-order valence-electron chi connectivity index (χ3n) is 5.24. The van der Waals surface area contributed by atoms with Crippen LogP contribution in [-0.2, 0) is 6.18 Å². The van der Waals surface area contributed by atoms with Crippen molar-refractivity contribution in [1.82, 2.24) is 0 Å². The maximum absolute atomic E-state index is 13.7. The summed E-state index contributed by atoms with van der Waals surface area (Å²) < 4.78 is 60.0. The quantitative estimate of drug-likeness (QED) is 0.444. The Bertz CT molecular complexity index is 1260. The zero-order valence-corrected chi connectivity index (χ0v) is 18.2. The minimum Gasteiger partial charge on any atom is -0.493 e. The fourth-order valence-corrected chi connectivity index (χ4v) is 4.81. The van der Waals surface area contributed by atoms with Crippen molar-refractivity contribution in [2.45, 2.75) is 18.5 Å². The predicted molar refractivity (Wildman–Crippen MR) is 116 cm³/mol. The van der Waals surface area contributed by atoms with Gasteiger partial charge in [0, 0.05) is 23.1 Å². The van der Waals surface area contributed by atoms with E-state index in [-0.39, 0.29) is 40.5 Å². The molecule has 0 fully saturated rings. The van der Waals surface area contributed by atoms with Gasteiger partial charge in [-0.3, -0.25) is 9.59 Å². The molecule has 2 aromatic carbocycles. The second-order valence-electron chi connectivity index (χ2n) is 7.27. The number of alkyl halides is 3. The number of primary amides is 1. The molecule has 0 bridgehead atoms. The number of rotatable bonds is 4. The van der Waals surface area contributed by atoms with E-state index < -0.39 is 40.3 Å². The van der Waals surface area contributed by atoms with Crippen molar-refractivity contribution in [3.8, 4) is 5.75 Å². The highest BCUT2D eigenvalue weighted by Crippen LogP contribution is 2.44. The van der Waals surface area contributed by atoms with E-state index in [0.29, 0.717) is 5.56 Å². The van der Waals surface area contributed by atoms with Crippen molar-refractivity contribution < 1.29 is 31.9 Å². The molecule has 11 heteroatoms. The number of anilines is 1. The van der Waals surface area contributed by atoms with Crippen LogP contribution in [0.5, 0.6) is 5.75 Å².